The van der Waals surface area contributed by atoms with Crippen LogP contribution in [-0.4, -0.2) is 52.7 Å². The number of pyridine rings is 2. The Bertz CT molecular complexity index is 896. The van der Waals surface area contributed by atoms with E-state index in [-0.39, 0.29) is 19.5 Å². The summed E-state index contributed by atoms with van der Waals surface area (Å²) in [5, 5.41) is 8.71. The minimum atomic E-state index is -0.150. The molecule has 27 heavy (non-hydrogen) atoms. The number of carbonyl (C=O) groups is 2. The highest BCUT2D eigenvalue weighted by atomic mass is 16.2. The number of hydrogen-bond donors (Lipinski definition) is 0. The fourth-order valence-electron chi connectivity index (χ4n) is 3.16. The molecule has 0 bridgehead atoms. The molecule has 3 heterocycles. The second kappa shape index (κ2) is 8.41. The summed E-state index contributed by atoms with van der Waals surface area (Å²) in [6.45, 7) is 4.34. The van der Waals surface area contributed by atoms with Gasteiger partial charge < -0.3 is 9.80 Å². The van der Waals surface area contributed by atoms with Crippen molar-refractivity contribution in [2.24, 2.45) is 0 Å². The van der Waals surface area contributed by atoms with Crippen LogP contribution in [0.1, 0.15) is 36.0 Å². The van der Waals surface area contributed by atoms with Crippen molar-refractivity contribution in [3.63, 3.8) is 0 Å². The van der Waals surface area contributed by atoms with Gasteiger partial charge >= 0.3 is 0 Å². The van der Waals surface area contributed by atoms with Gasteiger partial charge in [-0.1, -0.05) is 6.07 Å². The molecule has 0 spiro atoms. The SMILES string of the molecule is Cc1ncccc1C(=O)c1cccc(N2CCCN(C(=O)CC#N)CC2)n1.[HH]. The minimum absolute atomic E-state index is 0. The zero-order chi connectivity index (χ0) is 19.2. The monoisotopic (exact) mass is 365 g/mol. The van der Waals surface area contributed by atoms with E-state index in [2.05, 4.69) is 14.9 Å². The number of anilines is 1. The molecule has 1 saturated heterocycles. The summed E-state index contributed by atoms with van der Waals surface area (Å²) in [4.78, 5) is 37.2. The first kappa shape index (κ1) is 18.5. The molecule has 0 N–H and O–H groups in total. The summed E-state index contributed by atoms with van der Waals surface area (Å²) in [5.41, 5.74) is 1.60. The molecule has 0 atom stereocenters. The summed E-state index contributed by atoms with van der Waals surface area (Å²) in [5.74, 6) is 0.434. The van der Waals surface area contributed by atoms with Crippen molar-refractivity contribution in [1.82, 2.24) is 14.9 Å². The van der Waals surface area contributed by atoms with E-state index >= 15 is 0 Å². The molecule has 0 unspecified atom stereocenters. The fourth-order valence-corrected chi connectivity index (χ4v) is 3.16. The van der Waals surface area contributed by atoms with Gasteiger partial charge in [0.1, 0.15) is 17.9 Å². The van der Waals surface area contributed by atoms with Gasteiger partial charge in [-0.2, -0.15) is 5.26 Å². The lowest BCUT2D eigenvalue weighted by Crippen LogP contribution is -2.35. The van der Waals surface area contributed by atoms with Gasteiger partial charge in [0.05, 0.1) is 6.07 Å². The lowest BCUT2D eigenvalue weighted by Gasteiger charge is -2.22. The lowest BCUT2D eigenvalue weighted by molar-refractivity contribution is -0.129. The fraction of sp³-hybridized carbons (Fsp3) is 0.350. The molecule has 7 heteroatoms. The Hall–Kier alpha value is -3.27. The molecule has 1 amide bonds. The van der Waals surface area contributed by atoms with E-state index < -0.39 is 0 Å². The molecule has 7 nitrogen and oxygen atoms in total. The average Bonchev–Trinajstić information content (AvgIpc) is 2.94. The van der Waals surface area contributed by atoms with Crippen molar-refractivity contribution in [3.8, 4) is 6.07 Å². The molecule has 1 fully saturated rings. The Morgan fingerprint density at radius 2 is 2.04 bits per heavy atom. The van der Waals surface area contributed by atoms with Gasteiger partial charge in [0.25, 0.3) is 0 Å². The maximum atomic E-state index is 12.8. The van der Waals surface area contributed by atoms with Gasteiger partial charge in [-0.05, 0) is 37.6 Å². The summed E-state index contributed by atoms with van der Waals surface area (Å²) in [7, 11) is 0. The van der Waals surface area contributed by atoms with Gasteiger partial charge in [-0.15, -0.1) is 0 Å². The Morgan fingerprint density at radius 3 is 2.81 bits per heavy atom. The zero-order valence-corrected chi connectivity index (χ0v) is 15.3. The number of rotatable bonds is 4. The van der Waals surface area contributed by atoms with Crippen LogP contribution < -0.4 is 4.90 Å². The van der Waals surface area contributed by atoms with Crippen LogP contribution in [0.5, 0.6) is 0 Å². The Labute approximate surface area is 159 Å². The molecule has 0 saturated carbocycles. The molecule has 0 aliphatic carbocycles. The number of aryl methyl sites for hydroxylation is 1. The molecule has 1 aliphatic heterocycles. The largest absolute Gasteiger partial charge is 0.355 e. The van der Waals surface area contributed by atoms with E-state index in [1.807, 2.05) is 18.2 Å². The van der Waals surface area contributed by atoms with Crippen LogP contribution in [0.3, 0.4) is 0 Å². The number of nitrogens with zero attached hydrogens (tertiary/aromatic N) is 5. The molecule has 0 aromatic carbocycles. The Kier molecular flexibility index (Phi) is 5.77. The number of aromatic nitrogens is 2. The van der Waals surface area contributed by atoms with Crippen molar-refractivity contribution in [1.29, 1.82) is 5.26 Å². The van der Waals surface area contributed by atoms with Crippen LogP contribution in [0.4, 0.5) is 5.82 Å². The summed E-state index contributed by atoms with van der Waals surface area (Å²) < 4.78 is 0. The molecule has 2 aromatic rings. The van der Waals surface area contributed by atoms with Crippen LogP contribution in [0.2, 0.25) is 0 Å². The Balaban J connectivity index is 0.00000280. The molecular formula is C20H23N5O2. The molecule has 3 rings (SSSR count). The van der Waals surface area contributed by atoms with Gasteiger partial charge in [0.2, 0.25) is 11.7 Å². The van der Waals surface area contributed by atoms with Gasteiger partial charge in [-0.3, -0.25) is 14.6 Å². The number of ketones is 1. The van der Waals surface area contributed by atoms with E-state index in [1.165, 1.54) is 0 Å². The molecular weight excluding hydrogens is 342 g/mol. The van der Waals surface area contributed by atoms with Crippen molar-refractivity contribution < 1.29 is 11.0 Å². The molecule has 2 aromatic heterocycles. The predicted molar refractivity (Wildman–Crippen MR) is 102 cm³/mol. The standard InChI is InChI=1S/C20H21N5O2.H2/c1-15-16(5-3-10-22-15)20(27)17-6-2-7-18(23-17)24-11-4-12-25(14-13-24)19(26)8-9-21;/h2-3,5-7,10H,4,8,11-14H2,1H3;1H. The van der Waals surface area contributed by atoms with Crippen LogP contribution in [0, 0.1) is 18.3 Å². The number of hydrogen-bond acceptors (Lipinski definition) is 6. The van der Waals surface area contributed by atoms with Crippen molar-refractivity contribution >= 4 is 17.5 Å². The topological polar surface area (TPSA) is 90.2 Å². The minimum Gasteiger partial charge on any atom is -0.355 e. The molecule has 0 radical (unpaired) electrons. The third-order valence-corrected chi connectivity index (χ3v) is 4.62. The molecule has 140 valence electrons. The predicted octanol–water partition coefficient (Wildman–Crippen LogP) is 2.21. The van der Waals surface area contributed by atoms with E-state index in [9.17, 15) is 9.59 Å². The quantitative estimate of drug-likeness (QED) is 0.772. The van der Waals surface area contributed by atoms with Crippen molar-refractivity contribution in [2.45, 2.75) is 19.8 Å². The van der Waals surface area contributed by atoms with E-state index in [0.717, 1.165) is 18.8 Å². The highest BCUT2D eigenvalue weighted by Gasteiger charge is 2.21. The van der Waals surface area contributed by atoms with Gasteiger partial charge in [0, 0.05) is 45.1 Å². The highest BCUT2D eigenvalue weighted by Crippen LogP contribution is 2.17. The normalized spacial score (nSPS) is 14.4. The maximum Gasteiger partial charge on any atom is 0.236 e. The second-order valence-electron chi connectivity index (χ2n) is 6.40. The zero-order valence-electron chi connectivity index (χ0n) is 15.3. The highest BCUT2D eigenvalue weighted by molar-refractivity contribution is 6.08. The lowest BCUT2D eigenvalue weighted by atomic mass is 10.1. The number of amides is 1. The Morgan fingerprint density at radius 1 is 1.19 bits per heavy atom. The van der Waals surface area contributed by atoms with Gasteiger partial charge in [-0.25, -0.2) is 4.98 Å². The second-order valence-corrected chi connectivity index (χ2v) is 6.40. The van der Waals surface area contributed by atoms with E-state index in [4.69, 9.17) is 5.26 Å². The van der Waals surface area contributed by atoms with Gasteiger partial charge in [0.15, 0.2) is 0 Å². The molecule has 1 aliphatic rings. The summed E-state index contributed by atoms with van der Waals surface area (Å²) >= 11 is 0. The van der Waals surface area contributed by atoms with E-state index in [0.29, 0.717) is 36.6 Å². The third-order valence-electron chi connectivity index (χ3n) is 4.62. The average molecular weight is 365 g/mol. The number of nitriles is 1. The van der Waals surface area contributed by atoms with Crippen molar-refractivity contribution in [3.05, 3.63) is 53.5 Å². The summed E-state index contributed by atoms with van der Waals surface area (Å²) in [6, 6.07) is 10.8. The smallest absolute Gasteiger partial charge is 0.236 e. The third kappa shape index (κ3) is 4.29. The maximum absolute atomic E-state index is 12.8. The number of carbonyl (C=O) groups excluding carboxylic acids is 2. The summed E-state index contributed by atoms with van der Waals surface area (Å²) in [6.07, 6.45) is 2.36. The van der Waals surface area contributed by atoms with Crippen molar-refractivity contribution in [2.75, 3.05) is 31.1 Å². The first-order chi connectivity index (χ1) is 13.1. The first-order valence-electron chi connectivity index (χ1n) is 8.93. The van der Waals surface area contributed by atoms with Crippen LogP contribution >= 0.6 is 0 Å². The first-order valence-corrected chi connectivity index (χ1v) is 8.93. The van der Waals surface area contributed by atoms with Crippen LogP contribution in [-0.2, 0) is 4.79 Å². The van der Waals surface area contributed by atoms with Crippen LogP contribution in [0.25, 0.3) is 0 Å². The van der Waals surface area contributed by atoms with Crippen LogP contribution in [0.15, 0.2) is 36.5 Å². The van der Waals surface area contributed by atoms with E-state index in [1.54, 1.807) is 36.2 Å².